The maximum absolute atomic E-state index is 5.88. The van der Waals surface area contributed by atoms with Crippen molar-refractivity contribution in [3.05, 3.63) is 108 Å². The normalized spacial score (nSPS) is 13.5. The van der Waals surface area contributed by atoms with Gasteiger partial charge in [0.05, 0.1) is 13.7 Å². The minimum atomic E-state index is -1.34. The van der Waals surface area contributed by atoms with Crippen molar-refractivity contribution in [1.82, 2.24) is 15.0 Å². The number of rotatable bonds is 7. The van der Waals surface area contributed by atoms with Gasteiger partial charge in [-0.15, -0.1) is 59.7 Å². The summed E-state index contributed by atoms with van der Waals surface area (Å²) in [6, 6.07) is 27.3. The molecule has 0 aliphatic heterocycles. The van der Waals surface area contributed by atoms with E-state index in [1.165, 1.54) is 54.0 Å². The van der Waals surface area contributed by atoms with Gasteiger partial charge in [-0.3, -0.25) is 0 Å². The summed E-state index contributed by atoms with van der Waals surface area (Å²) in [5, 5.41) is 3.60. The molecule has 1 saturated carbocycles. The zero-order valence-corrected chi connectivity index (χ0v) is 32.8. The van der Waals surface area contributed by atoms with Crippen molar-refractivity contribution in [2.45, 2.75) is 85.9 Å². The van der Waals surface area contributed by atoms with Crippen molar-refractivity contribution in [3.63, 3.8) is 0 Å². The van der Waals surface area contributed by atoms with Gasteiger partial charge in [0, 0.05) is 43.6 Å². The second kappa shape index (κ2) is 15.4. The van der Waals surface area contributed by atoms with Gasteiger partial charge >= 0.3 is 0 Å². The van der Waals surface area contributed by atoms with Crippen molar-refractivity contribution in [1.29, 1.82) is 0 Å². The van der Waals surface area contributed by atoms with Gasteiger partial charge < -0.3 is 14.4 Å². The molecule has 4 heterocycles. The Hall–Kier alpha value is -3.44. The molecule has 0 unspecified atom stereocenters. The molecule has 0 saturated heterocycles. The van der Waals surface area contributed by atoms with Crippen LogP contribution in [0.5, 0.6) is 0 Å². The molecule has 1 aliphatic rings. The van der Waals surface area contributed by atoms with Gasteiger partial charge in [-0.05, 0) is 72.8 Å². The SMILES string of the molecule is CC(C)Cc1cc(-c2[c-]cccc2)ncc1[Si](C)(C)C.Cc1ccc2c(n1)oc1c[c-]c(-c3cc(C)c(CC4CCCC4)cn3)cc12.[Ir]. The topological polar surface area (TPSA) is 51.8 Å². The van der Waals surface area contributed by atoms with E-state index in [1.54, 1.807) is 0 Å². The number of fused-ring (bicyclic) bond motifs is 3. The summed E-state index contributed by atoms with van der Waals surface area (Å²) >= 11 is 0. The summed E-state index contributed by atoms with van der Waals surface area (Å²) in [5.41, 5.74) is 10.8. The average Bonchev–Trinajstić information content (AvgIpc) is 3.69. The Morgan fingerprint density at radius 2 is 1.60 bits per heavy atom. The number of hydrogen-bond acceptors (Lipinski definition) is 4. The van der Waals surface area contributed by atoms with Gasteiger partial charge in [0.15, 0.2) is 0 Å². The molecule has 7 rings (SSSR count). The standard InChI is InChI=1S/C24H23N2O.C18H24NSi.Ir/c1-15-11-22(25-14-19(15)12-17-5-3-4-6-17)18-8-10-23-21(13-18)20-9-7-16(2)26-24(20)27-23;1-14(2)11-16-12-17(15-9-7-6-8-10-15)19-13-18(16)20(3,4)5;/h7,9-11,13-14,17H,3-6,12H2,1-2H3;6-9,12-14H,11H2,1-5H3;/q2*-1;. The third kappa shape index (κ3) is 8.40. The fraction of sp³-hybridized carbons (Fsp3) is 0.357. The van der Waals surface area contributed by atoms with Crippen molar-refractivity contribution >= 4 is 35.3 Å². The number of benzene rings is 2. The van der Waals surface area contributed by atoms with Crippen LogP contribution in [0.25, 0.3) is 44.6 Å². The summed E-state index contributed by atoms with van der Waals surface area (Å²) in [4.78, 5) is 13.9. The summed E-state index contributed by atoms with van der Waals surface area (Å²) in [5.74, 6) is 1.51. The van der Waals surface area contributed by atoms with Crippen molar-refractivity contribution in [2.24, 2.45) is 11.8 Å². The molecule has 1 fully saturated rings. The smallest absolute Gasteiger partial charge is 0.216 e. The zero-order chi connectivity index (χ0) is 33.1. The van der Waals surface area contributed by atoms with Crippen LogP contribution in [-0.2, 0) is 32.9 Å². The van der Waals surface area contributed by atoms with E-state index < -0.39 is 8.07 Å². The number of aromatic nitrogens is 3. The van der Waals surface area contributed by atoms with Crippen molar-refractivity contribution < 1.29 is 24.5 Å². The number of pyridine rings is 3. The Bertz CT molecular complexity index is 1990. The third-order valence-electron chi connectivity index (χ3n) is 9.30. The Morgan fingerprint density at radius 1 is 0.854 bits per heavy atom. The Morgan fingerprint density at radius 3 is 2.29 bits per heavy atom. The van der Waals surface area contributed by atoms with E-state index in [-0.39, 0.29) is 20.1 Å². The zero-order valence-electron chi connectivity index (χ0n) is 29.4. The summed E-state index contributed by atoms with van der Waals surface area (Å²) < 4.78 is 5.88. The van der Waals surface area contributed by atoms with Gasteiger partial charge in [0.2, 0.25) is 5.71 Å². The van der Waals surface area contributed by atoms with Crippen LogP contribution in [0.1, 0.15) is 61.9 Å². The maximum atomic E-state index is 5.88. The summed E-state index contributed by atoms with van der Waals surface area (Å²) in [6.45, 7) is 15.9. The maximum Gasteiger partial charge on any atom is 0.216 e. The molecule has 1 aliphatic carbocycles. The van der Waals surface area contributed by atoms with E-state index in [1.807, 2.05) is 37.3 Å². The number of hydrogen-bond donors (Lipinski definition) is 0. The predicted molar refractivity (Wildman–Crippen MR) is 199 cm³/mol. The molecule has 0 spiro atoms. The second-order valence-electron chi connectivity index (χ2n) is 14.7. The van der Waals surface area contributed by atoms with Crippen molar-refractivity contribution in [3.8, 4) is 22.5 Å². The van der Waals surface area contributed by atoms with Gasteiger partial charge in [-0.2, -0.15) is 0 Å². The van der Waals surface area contributed by atoms with Gasteiger partial charge in [-0.1, -0.05) is 87.8 Å². The average molecular weight is 830 g/mol. The van der Waals surface area contributed by atoms with E-state index in [0.717, 1.165) is 56.9 Å². The predicted octanol–water partition coefficient (Wildman–Crippen LogP) is 10.5. The fourth-order valence-corrected chi connectivity index (χ4v) is 8.38. The molecule has 0 N–H and O–H groups in total. The first kappa shape index (κ1) is 35.9. The van der Waals surface area contributed by atoms with Crippen LogP contribution in [0.15, 0.2) is 77.5 Å². The molecule has 48 heavy (non-hydrogen) atoms. The van der Waals surface area contributed by atoms with Crippen LogP contribution >= 0.6 is 0 Å². The molecule has 6 aromatic rings. The van der Waals surface area contributed by atoms with E-state index >= 15 is 0 Å². The van der Waals surface area contributed by atoms with Crippen LogP contribution in [0, 0.1) is 37.8 Å². The molecular formula is C42H47IrN3OSi-2. The second-order valence-corrected chi connectivity index (χ2v) is 19.8. The first-order valence-corrected chi connectivity index (χ1v) is 20.7. The number of nitrogens with zero attached hydrogens (tertiary/aromatic N) is 3. The molecule has 0 amide bonds. The van der Waals surface area contributed by atoms with Crippen LogP contribution in [0.3, 0.4) is 0 Å². The Balaban J connectivity index is 0.000000193. The molecule has 0 bridgehead atoms. The summed E-state index contributed by atoms with van der Waals surface area (Å²) in [7, 11) is -1.34. The van der Waals surface area contributed by atoms with Crippen molar-refractivity contribution in [2.75, 3.05) is 0 Å². The summed E-state index contributed by atoms with van der Waals surface area (Å²) in [6.07, 6.45) is 12.0. The van der Waals surface area contributed by atoms with Crippen LogP contribution in [-0.4, -0.2) is 23.0 Å². The van der Waals surface area contributed by atoms with Gasteiger partial charge in [0.1, 0.15) is 0 Å². The molecule has 4 aromatic heterocycles. The van der Waals surface area contributed by atoms with E-state index in [2.05, 4.69) is 105 Å². The first-order valence-electron chi connectivity index (χ1n) is 17.2. The van der Waals surface area contributed by atoms with Crippen LogP contribution in [0.2, 0.25) is 19.6 Å². The van der Waals surface area contributed by atoms with E-state index in [4.69, 9.17) is 9.40 Å². The third-order valence-corrected chi connectivity index (χ3v) is 11.4. The number of furan rings is 1. The van der Waals surface area contributed by atoms with E-state index in [0.29, 0.717) is 11.6 Å². The minimum Gasteiger partial charge on any atom is -0.486 e. The first-order chi connectivity index (χ1) is 22.5. The number of aryl methyl sites for hydroxylation is 2. The quantitative estimate of drug-likeness (QED) is 0.119. The minimum absolute atomic E-state index is 0. The monoisotopic (exact) mass is 830 g/mol. The van der Waals surface area contributed by atoms with Gasteiger partial charge in [0.25, 0.3) is 0 Å². The molecule has 4 nitrogen and oxygen atoms in total. The fourth-order valence-electron chi connectivity index (χ4n) is 6.79. The van der Waals surface area contributed by atoms with Crippen LogP contribution < -0.4 is 5.19 Å². The Labute approximate surface area is 301 Å². The molecule has 251 valence electrons. The molecule has 6 heteroatoms. The van der Waals surface area contributed by atoms with E-state index in [9.17, 15) is 0 Å². The van der Waals surface area contributed by atoms with Crippen LogP contribution in [0.4, 0.5) is 0 Å². The molecule has 2 aromatic carbocycles. The largest absolute Gasteiger partial charge is 0.486 e. The molecule has 0 atom stereocenters. The molecular weight excluding hydrogens is 783 g/mol. The Kier molecular flexibility index (Phi) is 11.5. The van der Waals surface area contributed by atoms with Gasteiger partial charge in [-0.25, -0.2) is 4.98 Å². The molecule has 1 radical (unpaired) electrons.